The zero-order valence-corrected chi connectivity index (χ0v) is 25.1. The molecule has 0 bridgehead atoms. The normalized spacial score (nSPS) is 12.7. The van der Waals surface area contributed by atoms with Crippen LogP contribution in [0.1, 0.15) is 26.3 Å². The van der Waals surface area contributed by atoms with Crippen LogP contribution in [0.2, 0.25) is 0 Å². The molecule has 0 radical (unpaired) electrons. The summed E-state index contributed by atoms with van der Waals surface area (Å²) in [5, 5.41) is 11.8. The third-order valence-electron chi connectivity index (χ3n) is 9.05. The molecule has 0 spiro atoms. The minimum Gasteiger partial charge on any atom is -0.406 e. The summed E-state index contributed by atoms with van der Waals surface area (Å²) >= 11 is 0. The van der Waals surface area contributed by atoms with Gasteiger partial charge in [0.1, 0.15) is 5.75 Å². The second kappa shape index (κ2) is 9.70. The zero-order valence-electron chi connectivity index (χ0n) is 25.1. The van der Waals surface area contributed by atoms with E-state index in [1.807, 2.05) is 12.1 Å². The third kappa shape index (κ3) is 4.39. The van der Waals surface area contributed by atoms with Gasteiger partial charge in [0.05, 0.1) is 0 Å². The summed E-state index contributed by atoms with van der Waals surface area (Å²) in [6.07, 6.45) is -4.74. The van der Waals surface area contributed by atoms with Crippen molar-refractivity contribution < 1.29 is 17.9 Å². The van der Waals surface area contributed by atoms with Crippen molar-refractivity contribution in [2.75, 3.05) is 0 Å². The molecule has 0 amide bonds. The van der Waals surface area contributed by atoms with Crippen LogP contribution in [0.4, 0.5) is 13.2 Å². The molecule has 0 saturated heterocycles. The number of ether oxygens (including phenoxy) is 1. The number of fused-ring (bicyclic) bond motifs is 2. The molecule has 8 rings (SSSR count). The molecular formula is C41H29F3O. The van der Waals surface area contributed by atoms with Gasteiger partial charge in [-0.15, -0.1) is 13.2 Å². The topological polar surface area (TPSA) is 9.23 Å². The standard InChI is InChI=1S/C41H29F3O/c1-40(2,3)35-23-17-26-14-20-32-33(21-15-25-16-22-34(35)38(26)37(25)32)39-30-10-6-4-8-28(30)36(29-9-5-7-11-31(29)39)24-12-18-27(19-13-24)45-41(42,43)44/h4-23H,1-3H3. The Hall–Kier alpha value is -5.09. The maximum absolute atomic E-state index is 12.9. The fourth-order valence-electron chi connectivity index (χ4n) is 7.23. The van der Waals surface area contributed by atoms with Crippen molar-refractivity contribution in [3.05, 3.63) is 127 Å². The quantitative estimate of drug-likeness (QED) is 0.146. The molecule has 0 saturated carbocycles. The fourth-order valence-corrected chi connectivity index (χ4v) is 7.23. The van der Waals surface area contributed by atoms with Crippen molar-refractivity contribution in [1.29, 1.82) is 0 Å². The molecule has 8 aromatic rings. The molecule has 0 aliphatic rings. The molecule has 0 aliphatic carbocycles. The van der Waals surface area contributed by atoms with Crippen LogP contribution in [0.25, 0.3) is 76.1 Å². The lowest BCUT2D eigenvalue weighted by Gasteiger charge is -2.24. The van der Waals surface area contributed by atoms with Crippen molar-refractivity contribution in [2.24, 2.45) is 0 Å². The lowest BCUT2D eigenvalue weighted by atomic mass is 9.80. The molecule has 4 heteroatoms. The third-order valence-corrected chi connectivity index (χ3v) is 9.05. The van der Waals surface area contributed by atoms with Crippen molar-refractivity contribution >= 4 is 53.9 Å². The van der Waals surface area contributed by atoms with E-state index in [-0.39, 0.29) is 11.2 Å². The average Bonchev–Trinajstić information content (AvgIpc) is 3.01. The minimum atomic E-state index is -4.74. The number of benzene rings is 8. The maximum Gasteiger partial charge on any atom is 0.573 e. The van der Waals surface area contributed by atoms with E-state index in [0.29, 0.717) is 0 Å². The summed E-state index contributed by atoms with van der Waals surface area (Å²) in [5.41, 5.74) is 5.46. The molecule has 1 nitrogen and oxygen atoms in total. The average molecular weight is 595 g/mol. The van der Waals surface area contributed by atoms with Gasteiger partial charge in [-0.2, -0.15) is 0 Å². The first kappa shape index (κ1) is 27.5. The van der Waals surface area contributed by atoms with Crippen molar-refractivity contribution in [3.63, 3.8) is 0 Å². The number of alkyl halides is 3. The predicted molar refractivity (Wildman–Crippen MR) is 181 cm³/mol. The fraction of sp³-hybridized carbons (Fsp3) is 0.122. The first-order valence-corrected chi connectivity index (χ1v) is 15.1. The first-order valence-electron chi connectivity index (χ1n) is 15.1. The molecular weight excluding hydrogens is 565 g/mol. The second-order valence-corrected chi connectivity index (χ2v) is 12.8. The minimum absolute atomic E-state index is 0.00441. The van der Waals surface area contributed by atoms with Gasteiger partial charge in [-0.25, -0.2) is 0 Å². The van der Waals surface area contributed by atoms with Crippen LogP contribution in [0.3, 0.4) is 0 Å². The van der Waals surface area contributed by atoms with Crippen LogP contribution >= 0.6 is 0 Å². The molecule has 0 aliphatic heterocycles. The molecule has 0 heterocycles. The van der Waals surface area contributed by atoms with Gasteiger partial charge in [0, 0.05) is 0 Å². The first-order chi connectivity index (χ1) is 21.6. The predicted octanol–water partition coefficient (Wildman–Crippen LogP) is 12.4. The molecule has 0 atom stereocenters. The SMILES string of the molecule is CC(C)(C)c1ccc2ccc3c(-c4c5ccccc5c(-c5ccc(OC(F)(F)F)cc5)c5ccccc45)ccc4ccc1c2c43. The van der Waals surface area contributed by atoms with Crippen LogP contribution in [-0.4, -0.2) is 6.36 Å². The lowest BCUT2D eigenvalue weighted by Crippen LogP contribution is -2.16. The zero-order chi connectivity index (χ0) is 31.1. The van der Waals surface area contributed by atoms with E-state index in [1.54, 1.807) is 12.1 Å². The number of hydrogen-bond donors (Lipinski definition) is 0. The lowest BCUT2D eigenvalue weighted by molar-refractivity contribution is -0.274. The molecule has 0 fully saturated rings. The Morgan fingerprint density at radius 2 is 0.956 bits per heavy atom. The Morgan fingerprint density at radius 1 is 0.467 bits per heavy atom. The number of hydrogen-bond acceptors (Lipinski definition) is 1. The Bertz CT molecular complexity index is 2350. The highest BCUT2D eigenvalue weighted by atomic mass is 19.4. The van der Waals surface area contributed by atoms with Crippen LogP contribution in [0.15, 0.2) is 121 Å². The van der Waals surface area contributed by atoms with Crippen LogP contribution in [-0.2, 0) is 5.41 Å². The van der Waals surface area contributed by atoms with E-state index in [2.05, 4.69) is 110 Å². The number of rotatable bonds is 3. The maximum atomic E-state index is 12.9. The Morgan fingerprint density at radius 3 is 1.51 bits per heavy atom. The monoisotopic (exact) mass is 594 g/mol. The molecule has 45 heavy (non-hydrogen) atoms. The summed E-state index contributed by atoms with van der Waals surface area (Å²) in [6, 6.07) is 40.8. The summed E-state index contributed by atoms with van der Waals surface area (Å²) in [7, 11) is 0. The van der Waals surface area contributed by atoms with Gasteiger partial charge in [-0.1, -0.05) is 130 Å². The van der Waals surface area contributed by atoms with E-state index in [4.69, 9.17) is 0 Å². The molecule has 0 unspecified atom stereocenters. The summed E-state index contributed by atoms with van der Waals surface area (Å²) < 4.78 is 42.8. The Kier molecular flexibility index (Phi) is 5.92. The van der Waals surface area contributed by atoms with E-state index in [9.17, 15) is 13.2 Å². The van der Waals surface area contributed by atoms with Crippen molar-refractivity contribution in [1.82, 2.24) is 0 Å². The largest absolute Gasteiger partial charge is 0.573 e. The van der Waals surface area contributed by atoms with E-state index in [1.165, 1.54) is 50.0 Å². The van der Waals surface area contributed by atoms with Crippen LogP contribution in [0, 0.1) is 0 Å². The highest BCUT2D eigenvalue weighted by Crippen LogP contribution is 2.48. The Labute approximate surface area is 258 Å². The molecule has 0 aromatic heterocycles. The van der Waals surface area contributed by atoms with Crippen molar-refractivity contribution in [2.45, 2.75) is 32.5 Å². The highest BCUT2D eigenvalue weighted by Gasteiger charge is 2.31. The van der Waals surface area contributed by atoms with E-state index in [0.717, 1.165) is 43.8 Å². The smallest absolute Gasteiger partial charge is 0.406 e. The van der Waals surface area contributed by atoms with E-state index >= 15 is 0 Å². The van der Waals surface area contributed by atoms with Gasteiger partial charge < -0.3 is 4.74 Å². The molecule has 8 aromatic carbocycles. The van der Waals surface area contributed by atoms with Gasteiger partial charge in [0.2, 0.25) is 0 Å². The second-order valence-electron chi connectivity index (χ2n) is 12.8. The van der Waals surface area contributed by atoms with Crippen molar-refractivity contribution in [3.8, 4) is 28.0 Å². The summed E-state index contributed by atoms with van der Waals surface area (Å²) in [5.74, 6) is -0.236. The van der Waals surface area contributed by atoms with E-state index < -0.39 is 6.36 Å². The van der Waals surface area contributed by atoms with Crippen LogP contribution in [0.5, 0.6) is 5.75 Å². The van der Waals surface area contributed by atoms with Gasteiger partial charge in [-0.05, 0) is 99.2 Å². The van der Waals surface area contributed by atoms with Gasteiger partial charge in [-0.3, -0.25) is 0 Å². The summed E-state index contributed by atoms with van der Waals surface area (Å²) in [6.45, 7) is 6.80. The number of halogens is 3. The molecule has 220 valence electrons. The Balaban J connectivity index is 1.44. The van der Waals surface area contributed by atoms with Gasteiger partial charge >= 0.3 is 6.36 Å². The highest BCUT2D eigenvalue weighted by molar-refractivity contribution is 6.29. The van der Waals surface area contributed by atoms with Gasteiger partial charge in [0.15, 0.2) is 0 Å². The van der Waals surface area contributed by atoms with Gasteiger partial charge in [0.25, 0.3) is 0 Å². The molecule has 0 N–H and O–H groups in total. The summed E-state index contributed by atoms with van der Waals surface area (Å²) in [4.78, 5) is 0. The van der Waals surface area contributed by atoms with Crippen LogP contribution < -0.4 is 4.74 Å².